The summed E-state index contributed by atoms with van der Waals surface area (Å²) in [6, 6.07) is 8.44. The Kier molecular flexibility index (Phi) is 4.69. The number of rotatable bonds is 2. The summed E-state index contributed by atoms with van der Waals surface area (Å²) in [5.74, 6) is 6.62. The van der Waals surface area contributed by atoms with Gasteiger partial charge in [0.1, 0.15) is 0 Å². The van der Waals surface area contributed by atoms with Gasteiger partial charge >= 0.3 is 0 Å². The van der Waals surface area contributed by atoms with Crippen molar-refractivity contribution in [3.8, 4) is 23.3 Å². The zero-order chi connectivity index (χ0) is 18.8. The van der Waals surface area contributed by atoms with E-state index in [4.69, 9.17) is 15.2 Å². The maximum atomic E-state index is 13.7. The van der Waals surface area contributed by atoms with Crippen molar-refractivity contribution < 1.29 is 13.9 Å². The number of nitrogens with two attached hydrogens (primary N) is 1. The SMILES string of the molecule is COc1cc(-n2ncc3cc(N)c(C#CC4CCOCC4)cc32)ccc1F. The lowest BCUT2D eigenvalue weighted by Crippen LogP contribution is -2.13. The number of anilines is 1. The molecule has 27 heavy (non-hydrogen) atoms. The van der Waals surface area contributed by atoms with Gasteiger partial charge in [0.15, 0.2) is 11.6 Å². The van der Waals surface area contributed by atoms with Crippen LogP contribution in [-0.4, -0.2) is 30.1 Å². The Morgan fingerprint density at radius 1 is 1.26 bits per heavy atom. The summed E-state index contributed by atoms with van der Waals surface area (Å²) in [6.07, 6.45) is 3.63. The van der Waals surface area contributed by atoms with Gasteiger partial charge in [-0.1, -0.05) is 11.8 Å². The van der Waals surface area contributed by atoms with Crippen LogP contribution < -0.4 is 10.5 Å². The third-order valence-corrected chi connectivity index (χ3v) is 4.75. The minimum Gasteiger partial charge on any atom is -0.494 e. The van der Waals surface area contributed by atoms with Gasteiger partial charge < -0.3 is 15.2 Å². The van der Waals surface area contributed by atoms with Gasteiger partial charge in [-0.05, 0) is 37.1 Å². The first-order chi connectivity index (χ1) is 13.2. The van der Waals surface area contributed by atoms with E-state index in [1.807, 2.05) is 12.1 Å². The van der Waals surface area contributed by atoms with E-state index < -0.39 is 5.82 Å². The van der Waals surface area contributed by atoms with Crippen molar-refractivity contribution >= 4 is 16.6 Å². The van der Waals surface area contributed by atoms with Crippen LogP contribution in [0.15, 0.2) is 36.5 Å². The Morgan fingerprint density at radius 3 is 2.85 bits per heavy atom. The maximum absolute atomic E-state index is 13.7. The minimum absolute atomic E-state index is 0.172. The highest BCUT2D eigenvalue weighted by Gasteiger charge is 2.12. The first-order valence-corrected chi connectivity index (χ1v) is 8.86. The fourth-order valence-electron chi connectivity index (χ4n) is 3.21. The number of hydrogen-bond acceptors (Lipinski definition) is 4. The molecule has 0 aliphatic carbocycles. The lowest BCUT2D eigenvalue weighted by molar-refractivity contribution is 0.0807. The lowest BCUT2D eigenvalue weighted by Gasteiger charge is -2.16. The van der Waals surface area contributed by atoms with Crippen molar-refractivity contribution in [2.75, 3.05) is 26.1 Å². The molecule has 2 aromatic carbocycles. The molecular weight excluding hydrogens is 345 g/mol. The number of aromatic nitrogens is 2. The fraction of sp³-hybridized carbons (Fsp3) is 0.286. The standard InChI is InChI=1S/C21H20FN3O2/c1-26-21-12-17(4-5-18(21)22)25-20-11-15(19(23)10-16(20)13-24-25)3-2-14-6-8-27-9-7-14/h4-5,10-14H,6-9,23H2,1H3. The average molecular weight is 365 g/mol. The molecule has 2 heterocycles. The zero-order valence-corrected chi connectivity index (χ0v) is 15.0. The number of fused-ring (bicyclic) bond motifs is 1. The molecule has 0 unspecified atom stereocenters. The summed E-state index contributed by atoms with van der Waals surface area (Å²) >= 11 is 0. The van der Waals surface area contributed by atoms with Crippen LogP contribution in [0.3, 0.4) is 0 Å². The highest BCUT2D eigenvalue weighted by Crippen LogP contribution is 2.27. The number of ether oxygens (including phenoxy) is 2. The molecule has 0 spiro atoms. The summed E-state index contributed by atoms with van der Waals surface area (Å²) in [4.78, 5) is 0. The maximum Gasteiger partial charge on any atom is 0.165 e. The Hall–Kier alpha value is -3.04. The smallest absolute Gasteiger partial charge is 0.165 e. The molecule has 1 aromatic heterocycles. The molecule has 0 atom stereocenters. The third kappa shape index (κ3) is 3.46. The van der Waals surface area contributed by atoms with Crippen molar-refractivity contribution in [3.63, 3.8) is 0 Å². The van der Waals surface area contributed by atoms with Crippen molar-refractivity contribution in [2.24, 2.45) is 5.92 Å². The van der Waals surface area contributed by atoms with Crippen LogP contribution >= 0.6 is 0 Å². The Bertz CT molecular complexity index is 1040. The van der Waals surface area contributed by atoms with Crippen LogP contribution in [0.1, 0.15) is 18.4 Å². The molecule has 0 bridgehead atoms. The van der Waals surface area contributed by atoms with E-state index >= 15 is 0 Å². The minimum atomic E-state index is -0.412. The topological polar surface area (TPSA) is 62.3 Å². The van der Waals surface area contributed by atoms with Gasteiger partial charge in [-0.2, -0.15) is 5.10 Å². The van der Waals surface area contributed by atoms with Crippen LogP contribution in [-0.2, 0) is 4.74 Å². The summed E-state index contributed by atoms with van der Waals surface area (Å²) in [5.41, 5.74) is 9.13. The molecule has 1 fully saturated rings. The fourth-order valence-corrected chi connectivity index (χ4v) is 3.21. The molecule has 1 aliphatic heterocycles. The highest BCUT2D eigenvalue weighted by molar-refractivity contribution is 5.86. The monoisotopic (exact) mass is 365 g/mol. The van der Waals surface area contributed by atoms with Crippen molar-refractivity contribution in [1.82, 2.24) is 9.78 Å². The Labute approximate surface area is 156 Å². The highest BCUT2D eigenvalue weighted by atomic mass is 19.1. The quantitative estimate of drug-likeness (QED) is 0.557. The average Bonchev–Trinajstić information content (AvgIpc) is 3.10. The van der Waals surface area contributed by atoms with Gasteiger partial charge in [0.05, 0.1) is 24.5 Å². The van der Waals surface area contributed by atoms with Crippen LogP contribution in [0, 0.1) is 23.6 Å². The number of benzene rings is 2. The number of nitrogen functional groups attached to an aromatic ring is 1. The number of nitrogens with zero attached hydrogens (tertiary/aromatic N) is 2. The van der Waals surface area contributed by atoms with Crippen LogP contribution in [0.4, 0.5) is 10.1 Å². The second-order valence-electron chi connectivity index (χ2n) is 6.53. The Morgan fingerprint density at radius 2 is 2.07 bits per heavy atom. The number of methoxy groups -OCH3 is 1. The van der Waals surface area contributed by atoms with Crippen LogP contribution in [0.2, 0.25) is 0 Å². The summed E-state index contributed by atoms with van der Waals surface area (Å²) in [7, 11) is 1.44. The molecule has 0 amide bonds. The molecule has 0 radical (unpaired) electrons. The Balaban J connectivity index is 1.75. The zero-order valence-electron chi connectivity index (χ0n) is 15.0. The van der Waals surface area contributed by atoms with E-state index in [1.54, 1.807) is 23.0 Å². The van der Waals surface area contributed by atoms with Gasteiger partial charge in [0.2, 0.25) is 0 Å². The molecular formula is C21H20FN3O2. The summed E-state index contributed by atoms with van der Waals surface area (Å²) in [6.45, 7) is 1.51. The third-order valence-electron chi connectivity index (χ3n) is 4.75. The van der Waals surface area contributed by atoms with Gasteiger partial charge in [-0.15, -0.1) is 0 Å². The molecule has 2 N–H and O–H groups in total. The van der Waals surface area contributed by atoms with E-state index in [1.165, 1.54) is 13.2 Å². The first kappa shape index (κ1) is 17.4. The molecule has 1 aliphatic rings. The van der Waals surface area contributed by atoms with Gasteiger partial charge in [-0.3, -0.25) is 0 Å². The van der Waals surface area contributed by atoms with Crippen LogP contribution in [0.25, 0.3) is 16.6 Å². The number of halogens is 1. The van der Waals surface area contributed by atoms with Gasteiger partial charge in [0, 0.05) is 41.8 Å². The van der Waals surface area contributed by atoms with Gasteiger partial charge in [-0.25, -0.2) is 9.07 Å². The first-order valence-electron chi connectivity index (χ1n) is 8.86. The van der Waals surface area contributed by atoms with E-state index in [0.29, 0.717) is 17.3 Å². The molecule has 138 valence electrons. The second kappa shape index (κ2) is 7.29. The van der Waals surface area contributed by atoms with E-state index in [-0.39, 0.29) is 5.75 Å². The van der Waals surface area contributed by atoms with Crippen molar-refractivity contribution in [3.05, 3.63) is 47.9 Å². The molecule has 5 nitrogen and oxygen atoms in total. The predicted molar refractivity (Wildman–Crippen MR) is 102 cm³/mol. The second-order valence-corrected chi connectivity index (χ2v) is 6.53. The molecule has 6 heteroatoms. The predicted octanol–water partition coefficient (Wildman–Crippen LogP) is 3.53. The molecule has 4 rings (SSSR count). The van der Waals surface area contributed by atoms with Crippen LogP contribution in [0.5, 0.6) is 5.75 Å². The van der Waals surface area contributed by atoms with E-state index in [9.17, 15) is 4.39 Å². The largest absolute Gasteiger partial charge is 0.494 e. The normalized spacial score (nSPS) is 14.7. The lowest BCUT2D eigenvalue weighted by atomic mass is 10.0. The molecule has 0 saturated carbocycles. The van der Waals surface area contributed by atoms with Gasteiger partial charge in [0.25, 0.3) is 0 Å². The van der Waals surface area contributed by atoms with Crippen molar-refractivity contribution in [1.29, 1.82) is 0 Å². The summed E-state index contributed by atoms with van der Waals surface area (Å²) < 4.78 is 25.9. The molecule has 3 aromatic rings. The summed E-state index contributed by atoms with van der Waals surface area (Å²) in [5, 5.41) is 5.32. The van der Waals surface area contributed by atoms with Crippen molar-refractivity contribution in [2.45, 2.75) is 12.8 Å². The molecule has 1 saturated heterocycles. The van der Waals surface area contributed by atoms with E-state index in [2.05, 4.69) is 16.9 Å². The van der Waals surface area contributed by atoms with E-state index in [0.717, 1.165) is 42.5 Å². The number of hydrogen-bond donors (Lipinski definition) is 1.